The largest absolute Gasteiger partial charge is 0.496 e. The van der Waals surface area contributed by atoms with Gasteiger partial charge in [-0.1, -0.05) is 11.6 Å². The van der Waals surface area contributed by atoms with Crippen LogP contribution in [0.3, 0.4) is 0 Å². The fraction of sp³-hybridized carbons (Fsp3) is 0.462. The number of carboxylic acid groups (broad SMARTS) is 1. The maximum Gasteiger partial charge on any atom is 0.306 e. The van der Waals surface area contributed by atoms with Gasteiger partial charge in [0.05, 0.1) is 36.4 Å². The zero-order chi connectivity index (χ0) is 25.4. The minimum atomic E-state index is -0.741. The van der Waals surface area contributed by atoms with Gasteiger partial charge in [-0.25, -0.2) is 4.39 Å². The highest BCUT2D eigenvalue weighted by Crippen LogP contribution is 2.33. The molecule has 1 atom stereocenters. The Morgan fingerprint density at radius 2 is 1.91 bits per heavy atom. The fourth-order valence-electron chi connectivity index (χ4n) is 4.34. The van der Waals surface area contributed by atoms with E-state index in [0.29, 0.717) is 53.6 Å². The molecule has 1 amide bonds. The van der Waals surface area contributed by atoms with Crippen LogP contribution in [-0.2, 0) is 9.53 Å². The number of anilines is 1. The Labute approximate surface area is 210 Å². The molecular formula is C26H32ClFN2O5. The van der Waals surface area contributed by atoms with Crippen LogP contribution in [0.5, 0.6) is 5.75 Å². The normalized spacial score (nSPS) is 18.5. The predicted molar refractivity (Wildman–Crippen MR) is 133 cm³/mol. The average Bonchev–Trinajstić information content (AvgIpc) is 2.86. The van der Waals surface area contributed by atoms with Gasteiger partial charge in [-0.3, -0.25) is 9.59 Å². The van der Waals surface area contributed by atoms with E-state index < -0.39 is 17.8 Å². The van der Waals surface area contributed by atoms with Crippen molar-refractivity contribution >= 4 is 29.2 Å². The lowest BCUT2D eigenvalue weighted by Crippen LogP contribution is -2.32. The molecule has 7 nitrogen and oxygen atoms in total. The van der Waals surface area contributed by atoms with E-state index in [9.17, 15) is 14.0 Å². The summed E-state index contributed by atoms with van der Waals surface area (Å²) in [5.74, 6) is -0.857. The van der Waals surface area contributed by atoms with Crippen molar-refractivity contribution in [1.82, 2.24) is 5.32 Å². The number of hydrogen-bond donors (Lipinski definition) is 3. The lowest BCUT2D eigenvalue weighted by atomic mass is 9.82. The van der Waals surface area contributed by atoms with E-state index in [2.05, 4.69) is 10.6 Å². The second kappa shape index (κ2) is 12.7. The smallest absolute Gasteiger partial charge is 0.306 e. The summed E-state index contributed by atoms with van der Waals surface area (Å²) in [6.45, 7) is 3.12. The van der Waals surface area contributed by atoms with Crippen LogP contribution < -0.4 is 15.4 Å². The minimum Gasteiger partial charge on any atom is -0.496 e. The van der Waals surface area contributed by atoms with Gasteiger partial charge in [0.2, 0.25) is 0 Å². The maximum absolute atomic E-state index is 14.0. The van der Waals surface area contributed by atoms with E-state index in [1.165, 1.54) is 19.2 Å². The molecule has 0 radical (unpaired) electrons. The number of halogens is 2. The Morgan fingerprint density at radius 3 is 2.54 bits per heavy atom. The highest BCUT2D eigenvalue weighted by molar-refractivity contribution is 6.33. The van der Waals surface area contributed by atoms with E-state index in [1.54, 1.807) is 24.3 Å². The average molecular weight is 507 g/mol. The first-order valence-electron chi connectivity index (χ1n) is 11.8. The van der Waals surface area contributed by atoms with Crippen molar-refractivity contribution in [2.24, 2.45) is 11.8 Å². The Kier molecular flexibility index (Phi) is 9.74. The van der Waals surface area contributed by atoms with Gasteiger partial charge in [-0.05, 0) is 74.9 Å². The van der Waals surface area contributed by atoms with Gasteiger partial charge in [0, 0.05) is 24.3 Å². The van der Waals surface area contributed by atoms with E-state index >= 15 is 0 Å². The van der Waals surface area contributed by atoms with Crippen molar-refractivity contribution < 1.29 is 28.6 Å². The van der Waals surface area contributed by atoms with Gasteiger partial charge in [0.15, 0.2) is 0 Å². The number of methoxy groups -OCH3 is 1. The fourth-order valence-corrected chi connectivity index (χ4v) is 4.57. The zero-order valence-electron chi connectivity index (χ0n) is 20.0. The van der Waals surface area contributed by atoms with Crippen molar-refractivity contribution in [1.29, 1.82) is 0 Å². The summed E-state index contributed by atoms with van der Waals surface area (Å²) in [4.78, 5) is 23.8. The van der Waals surface area contributed by atoms with Crippen molar-refractivity contribution in [3.8, 4) is 5.75 Å². The molecule has 190 valence electrons. The Hall–Kier alpha value is -2.84. The Bertz CT molecular complexity index is 1030. The Morgan fingerprint density at radius 1 is 1.17 bits per heavy atom. The summed E-state index contributed by atoms with van der Waals surface area (Å²) < 4.78 is 25.0. The van der Waals surface area contributed by atoms with Crippen molar-refractivity contribution in [2.45, 2.75) is 38.6 Å². The highest BCUT2D eigenvalue weighted by Gasteiger charge is 2.26. The molecule has 2 aromatic rings. The summed E-state index contributed by atoms with van der Waals surface area (Å²) in [6, 6.07) is 8.83. The molecule has 1 fully saturated rings. The molecule has 9 heteroatoms. The van der Waals surface area contributed by atoms with E-state index in [1.807, 2.05) is 6.92 Å². The molecule has 2 aromatic carbocycles. The number of hydrogen-bond acceptors (Lipinski definition) is 5. The molecule has 1 aliphatic carbocycles. The van der Waals surface area contributed by atoms with Crippen LogP contribution in [-0.4, -0.2) is 43.9 Å². The summed E-state index contributed by atoms with van der Waals surface area (Å²) in [7, 11) is 1.52. The van der Waals surface area contributed by atoms with Crippen LogP contribution in [0.1, 0.15) is 54.6 Å². The van der Waals surface area contributed by atoms with Crippen molar-refractivity contribution in [3.63, 3.8) is 0 Å². The Balaban J connectivity index is 1.65. The first kappa shape index (κ1) is 26.8. The number of nitrogens with one attached hydrogen (secondary N) is 2. The van der Waals surface area contributed by atoms with Crippen LogP contribution in [0, 0.1) is 17.7 Å². The highest BCUT2D eigenvalue weighted by atomic mass is 35.5. The molecule has 0 heterocycles. The van der Waals surface area contributed by atoms with Gasteiger partial charge in [0.25, 0.3) is 5.91 Å². The lowest BCUT2D eigenvalue weighted by Gasteiger charge is -2.26. The molecule has 1 saturated carbocycles. The summed E-state index contributed by atoms with van der Waals surface area (Å²) in [6.07, 6.45) is 2.85. The summed E-state index contributed by atoms with van der Waals surface area (Å²) >= 11 is 6.49. The van der Waals surface area contributed by atoms with E-state index in [0.717, 1.165) is 12.8 Å². The number of aliphatic carboxylic acids is 1. The monoisotopic (exact) mass is 506 g/mol. The van der Waals surface area contributed by atoms with Crippen molar-refractivity contribution in [2.75, 3.05) is 32.2 Å². The molecular weight excluding hydrogens is 475 g/mol. The molecule has 0 aromatic heterocycles. The van der Waals surface area contributed by atoms with Crippen LogP contribution >= 0.6 is 11.6 Å². The van der Waals surface area contributed by atoms with Gasteiger partial charge >= 0.3 is 5.97 Å². The lowest BCUT2D eigenvalue weighted by molar-refractivity contribution is -0.143. The molecule has 1 aliphatic rings. The number of carbonyl (C=O) groups is 2. The number of carbonyl (C=O) groups excluding carboxylic acids is 1. The predicted octanol–water partition coefficient (Wildman–Crippen LogP) is 5.30. The molecule has 3 rings (SSSR count). The number of benzene rings is 2. The van der Waals surface area contributed by atoms with E-state index in [-0.39, 0.29) is 24.3 Å². The molecule has 0 aliphatic heterocycles. The van der Waals surface area contributed by atoms with Crippen LogP contribution in [0.4, 0.5) is 10.1 Å². The van der Waals surface area contributed by atoms with Crippen LogP contribution in [0.2, 0.25) is 5.02 Å². The third-order valence-corrected chi connectivity index (χ3v) is 6.68. The van der Waals surface area contributed by atoms with Crippen LogP contribution in [0.25, 0.3) is 0 Å². The number of rotatable bonds is 11. The second-order valence-electron chi connectivity index (χ2n) is 8.70. The molecule has 35 heavy (non-hydrogen) atoms. The standard InChI is InChI=1S/C26H32ClFN2O5/c1-3-35-15-23(20-13-19(28)9-11-24(20)34-2)30-22-10-8-18(12-21(22)27)25(31)29-14-16-4-6-17(7-5-16)26(32)33/h8-13,16-17,23,30H,3-7,14-15H2,1-2H3,(H,29,31)(H,32,33)/t16-,17-,23?. The SMILES string of the molecule is CCOCC(Nc1ccc(C(=O)NC[C@H]2CC[C@H](C(=O)O)CC2)cc1Cl)c1cc(F)ccc1OC. The quantitative estimate of drug-likeness (QED) is 0.383. The zero-order valence-corrected chi connectivity index (χ0v) is 20.7. The number of ether oxygens (including phenoxy) is 2. The number of amides is 1. The molecule has 0 spiro atoms. The first-order valence-corrected chi connectivity index (χ1v) is 12.2. The van der Waals surface area contributed by atoms with Crippen molar-refractivity contribution in [3.05, 3.63) is 58.4 Å². The van der Waals surface area contributed by atoms with Gasteiger partial charge in [0.1, 0.15) is 11.6 Å². The molecule has 0 bridgehead atoms. The van der Waals surface area contributed by atoms with E-state index in [4.69, 9.17) is 26.2 Å². The van der Waals surface area contributed by atoms with Crippen LogP contribution in [0.15, 0.2) is 36.4 Å². The third-order valence-electron chi connectivity index (χ3n) is 6.36. The maximum atomic E-state index is 14.0. The topological polar surface area (TPSA) is 96.9 Å². The third kappa shape index (κ3) is 7.32. The second-order valence-corrected chi connectivity index (χ2v) is 9.11. The molecule has 3 N–H and O–H groups in total. The number of carboxylic acids is 1. The van der Waals surface area contributed by atoms with Gasteiger partial charge < -0.3 is 25.2 Å². The molecule has 0 saturated heterocycles. The first-order chi connectivity index (χ1) is 16.8. The minimum absolute atomic E-state index is 0.239. The summed E-state index contributed by atoms with van der Waals surface area (Å²) in [5, 5.41) is 15.7. The molecule has 1 unspecified atom stereocenters. The van der Waals surface area contributed by atoms with Gasteiger partial charge in [-0.2, -0.15) is 0 Å². The van der Waals surface area contributed by atoms with Gasteiger partial charge in [-0.15, -0.1) is 0 Å². The summed E-state index contributed by atoms with van der Waals surface area (Å²) in [5.41, 5.74) is 1.59.